The van der Waals surface area contributed by atoms with Crippen LogP contribution in [0.4, 0.5) is 45.5 Å². The Morgan fingerprint density at radius 2 is 0.689 bits per heavy atom. The topological polar surface area (TPSA) is 211 Å². The van der Waals surface area contributed by atoms with Gasteiger partial charge in [-0.25, -0.2) is 18.4 Å². The standard InChI is InChI=1S/2C41H45N3.C32H30N2O8S2/c2*1-7-31-16-18-32(19-17-31)29-42-40-27-26-39(37-14-12-13-15-38(37)40)41(33-20-22-34(23-21-33)43(8-2)9-3)36-25-24-35(28-30(36)6)44(10-4)11-5;1-15-13-17(3)31(43(37,38)39)19(5)27(15)33-23-11-12-24(26-25(23)29(35)21-9-7-8-10-22(21)30(26)36)34-28-16(2)14-18(4)32(20(28)6)44(40,41)42/h2*7,12-28H,1,8-11,29H2,2-6H3;7-14,33-34H,1-6H3,(H,37,38,39)(H,40,41,42)/p+1. The molecule has 0 bridgehead atoms. The summed E-state index contributed by atoms with van der Waals surface area (Å²) in [6, 6.07) is 79.5. The lowest BCUT2D eigenvalue weighted by Gasteiger charge is -2.26. The lowest BCUT2D eigenvalue weighted by Crippen LogP contribution is -2.71. The molecule has 0 atom stereocenters. The molecule has 0 fully saturated rings. The average Bonchev–Trinajstić information content (AvgIpc) is 0.728. The maximum Gasteiger partial charge on any atom is 0.295 e. The number of hydrogen-bond donors (Lipinski definition) is 5. The number of fused-ring (bicyclic) bond motifs is 4. The molecule has 0 radical (unpaired) electrons. The Hall–Kier alpha value is -13.6. The minimum absolute atomic E-state index is 0.0158. The maximum absolute atomic E-state index is 14.0. The van der Waals surface area contributed by atoms with Gasteiger partial charge in [0.15, 0.2) is 24.7 Å². The van der Waals surface area contributed by atoms with Crippen molar-refractivity contribution in [3.63, 3.8) is 0 Å². The summed E-state index contributed by atoms with van der Waals surface area (Å²) in [6.07, 6.45) is 12.9. The van der Waals surface area contributed by atoms with Gasteiger partial charge in [0.05, 0.1) is 38.5 Å². The molecule has 0 heterocycles. The molecule has 16 nitrogen and oxygen atoms in total. The second-order valence-corrected chi connectivity index (χ2v) is 36.2. The summed E-state index contributed by atoms with van der Waals surface area (Å²) in [6.45, 7) is 49.1. The van der Waals surface area contributed by atoms with Gasteiger partial charge in [0, 0.05) is 121 Å². The van der Waals surface area contributed by atoms with Crippen molar-refractivity contribution >= 4 is 123 Å². The van der Waals surface area contributed by atoms with Gasteiger partial charge in [-0.15, -0.1) is 0 Å². The van der Waals surface area contributed by atoms with Crippen LogP contribution in [0, 0.1) is 55.4 Å². The molecule has 132 heavy (non-hydrogen) atoms. The van der Waals surface area contributed by atoms with Gasteiger partial charge in [-0.2, -0.15) is 8.42 Å². The Morgan fingerprint density at radius 3 is 1.02 bits per heavy atom. The number of carbonyl (C=O) groups excluding carboxylic acids is 2. The van der Waals surface area contributed by atoms with Crippen LogP contribution in [0.3, 0.4) is 0 Å². The van der Waals surface area contributed by atoms with E-state index < -0.39 is 31.8 Å². The van der Waals surface area contributed by atoms with E-state index in [4.69, 9.17) is 0 Å². The Labute approximate surface area is 781 Å². The van der Waals surface area contributed by atoms with Crippen LogP contribution in [0.15, 0.2) is 278 Å². The summed E-state index contributed by atoms with van der Waals surface area (Å²) in [4.78, 5) is 44.4. The zero-order valence-electron chi connectivity index (χ0n) is 78.8. The number of ketones is 2. The molecule has 0 amide bonds. The van der Waals surface area contributed by atoms with Gasteiger partial charge in [0.2, 0.25) is 11.4 Å². The lowest BCUT2D eigenvalue weighted by atomic mass is 9.82. The number of benzene rings is 12. The molecule has 5 N–H and O–H groups in total. The summed E-state index contributed by atoms with van der Waals surface area (Å²) >= 11 is 0. The Kier molecular flexibility index (Phi) is 30.6. The van der Waals surface area contributed by atoms with E-state index >= 15 is 0 Å². The quantitative estimate of drug-likeness (QED) is 0.0289. The number of nitrogens with zero attached hydrogens (tertiary/aromatic N) is 4. The molecule has 18 heteroatoms. The highest BCUT2D eigenvalue weighted by molar-refractivity contribution is 7.86. The number of hydrogen-bond acceptors (Lipinski definition) is 13. The second-order valence-electron chi connectivity index (χ2n) is 33.5. The van der Waals surface area contributed by atoms with Crippen LogP contribution in [0.1, 0.15) is 199 Å². The molecule has 0 aliphatic heterocycles. The van der Waals surface area contributed by atoms with Gasteiger partial charge in [-0.05, 0) is 307 Å². The monoisotopic (exact) mass is 1790 g/mol. The maximum atomic E-state index is 14.0. The smallest absolute Gasteiger partial charge is 0.295 e. The zero-order chi connectivity index (χ0) is 94.6. The van der Waals surface area contributed by atoms with Gasteiger partial charge < -0.3 is 34.8 Å². The highest BCUT2D eigenvalue weighted by atomic mass is 32.2. The molecular weight excluding hydrogens is 1670 g/mol. The number of aryl methyl sites for hydroxylation is 6. The molecule has 0 saturated carbocycles. The highest BCUT2D eigenvalue weighted by Crippen LogP contribution is 2.46. The van der Waals surface area contributed by atoms with E-state index in [-0.39, 0.29) is 60.1 Å². The first-order chi connectivity index (χ1) is 63.4. The Balaban J connectivity index is 0.000000168. The van der Waals surface area contributed by atoms with Gasteiger partial charge >= 0.3 is 0 Å². The minimum atomic E-state index is -4.82. The largest absolute Gasteiger partial charge is 0.744 e. The van der Waals surface area contributed by atoms with Crippen molar-refractivity contribution in [2.45, 2.75) is 134 Å². The number of nitrogens with one attached hydrogen (secondary N) is 4. The van der Waals surface area contributed by atoms with Crippen LogP contribution < -0.4 is 40.2 Å². The van der Waals surface area contributed by atoms with E-state index in [1.165, 1.54) is 133 Å². The van der Waals surface area contributed by atoms with Crippen molar-refractivity contribution in [1.29, 1.82) is 0 Å². The summed E-state index contributed by atoms with van der Waals surface area (Å²) in [5, 5.41) is 6.27. The summed E-state index contributed by atoms with van der Waals surface area (Å²) < 4.78 is 70.6. The van der Waals surface area contributed by atoms with Crippen molar-refractivity contribution in [3.05, 3.63) is 402 Å². The molecular formula is C114H121N8O8S2+. The Morgan fingerprint density at radius 1 is 0.371 bits per heavy atom. The number of anilines is 8. The molecule has 15 rings (SSSR count). The van der Waals surface area contributed by atoms with Crippen LogP contribution >= 0.6 is 0 Å². The SMILES string of the molecule is C=Cc1ccc(C[NH+]=C2C=CC(=C(c3ccc(N(CC)CC)cc3)c3ccc(N(CC)CC)cc3C)c3ccccc32)cc1.C=Cc1ccc(C[NH+]=C2C=CC(=C(c3ccc(N(CC)CC)cc3)c3ccc(N(CC)CC)cc3C)c3ccccc32)cc1.Cc1cc(C)c(S(=O)(=O)[O-])c(C)c1Nc1ccc(Nc2c(C)cc(C)c(S(=O)(=O)O)c2C)c2c1C(=O)c1ccccc1C2=O. The van der Waals surface area contributed by atoms with Gasteiger partial charge in [0.1, 0.15) is 15.0 Å². The van der Waals surface area contributed by atoms with Crippen LogP contribution in [0.5, 0.6) is 0 Å². The highest BCUT2D eigenvalue weighted by Gasteiger charge is 2.36. The number of allylic oxidation sites excluding steroid dienone is 6. The second kappa shape index (κ2) is 42.1. The summed E-state index contributed by atoms with van der Waals surface area (Å²) in [7, 11) is -9.40. The molecule has 0 spiro atoms. The van der Waals surface area contributed by atoms with Crippen LogP contribution in [0.25, 0.3) is 34.4 Å². The van der Waals surface area contributed by atoms with Crippen LogP contribution in [-0.2, 0) is 33.3 Å². The van der Waals surface area contributed by atoms with E-state index in [0.29, 0.717) is 28.1 Å². The zero-order valence-corrected chi connectivity index (χ0v) is 80.4. The molecule has 0 unspecified atom stereocenters. The number of rotatable bonds is 28. The fourth-order valence-corrected chi connectivity index (χ4v) is 20.6. The van der Waals surface area contributed by atoms with Crippen molar-refractivity contribution in [2.75, 3.05) is 82.6 Å². The van der Waals surface area contributed by atoms with Gasteiger partial charge in [-0.3, -0.25) is 14.1 Å². The third-order valence-electron chi connectivity index (χ3n) is 25.5. The van der Waals surface area contributed by atoms with Gasteiger partial charge in [-0.1, -0.05) is 183 Å². The molecule has 12 aromatic carbocycles. The number of carbonyl (C=O) groups is 2. The van der Waals surface area contributed by atoms with E-state index in [9.17, 15) is 35.5 Å². The Bertz CT molecular complexity index is 6430. The lowest BCUT2D eigenvalue weighted by molar-refractivity contribution is -0.474. The molecule has 12 aromatic rings. The first-order valence-electron chi connectivity index (χ1n) is 45.6. The molecule has 0 aromatic heterocycles. The van der Waals surface area contributed by atoms with Gasteiger partial charge in [0.25, 0.3) is 10.1 Å². The third kappa shape index (κ3) is 20.6. The first-order valence-corrected chi connectivity index (χ1v) is 48.5. The van der Waals surface area contributed by atoms with E-state index in [2.05, 4.69) is 329 Å². The van der Waals surface area contributed by atoms with Crippen LogP contribution in [-0.4, -0.2) is 101 Å². The summed E-state index contributed by atoms with van der Waals surface area (Å²) in [5.41, 5.74) is 33.4. The van der Waals surface area contributed by atoms with Crippen LogP contribution in [0.2, 0.25) is 0 Å². The first kappa shape index (κ1) is 95.9. The predicted octanol–water partition coefficient (Wildman–Crippen LogP) is 21.8. The van der Waals surface area contributed by atoms with E-state index in [1.54, 1.807) is 69.3 Å². The van der Waals surface area contributed by atoms with E-state index in [0.717, 1.165) is 88.0 Å². The fourth-order valence-electron chi connectivity index (χ4n) is 18.7. The summed E-state index contributed by atoms with van der Waals surface area (Å²) in [5.74, 6) is -0.921. The normalized spacial score (nSPS) is 13.9. The van der Waals surface area contributed by atoms with Crippen molar-refractivity contribution < 1.29 is 45.5 Å². The van der Waals surface area contributed by atoms with Crippen molar-refractivity contribution in [2.24, 2.45) is 0 Å². The third-order valence-corrected chi connectivity index (χ3v) is 27.7. The molecule has 3 aliphatic carbocycles. The average molecular weight is 1800 g/mol. The molecule has 0 saturated heterocycles. The van der Waals surface area contributed by atoms with Crippen molar-refractivity contribution in [1.82, 2.24) is 0 Å². The fraction of sp³-hybridized carbons (Fsp3) is 0.228. The minimum Gasteiger partial charge on any atom is -0.744 e. The van der Waals surface area contributed by atoms with E-state index in [1.807, 2.05) is 12.2 Å². The predicted molar refractivity (Wildman–Crippen MR) is 548 cm³/mol. The van der Waals surface area contributed by atoms with Crippen molar-refractivity contribution in [3.8, 4) is 0 Å². The molecule has 676 valence electrons. The molecule has 3 aliphatic rings.